The molecule has 102 valence electrons. The van der Waals surface area contributed by atoms with Crippen LogP contribution in [0.25, 0.3) is 11.0 Å². The van der Waals surface area contributed by atoms with Crippen LogP contribution < -0.4 is 5.69 Å². The standard InChI is InChI=1S/C12H13FN2O3S/c13-8-4-3-5-9-11(8)15(12(16)14-9)10-6-1-2-7-19(10,17)18/h3-5,10H,1-2,6-7H2,(H,14,16). The zero-order valence-corrected chi connectivity index (χ0v) is 10.9. The van der Waals surface area contributed by atoms with Crippen molar-refractivity contribution < 1.29 is 12.8 Å². The average Bonchev–Trinajstić information content (AvgIpc) is 2.66. The molecule has 1 unspecified atom stereocenters. The zero-order valence-electron chi connectivity index (χ0n) is 10.1. The first-order valence-electron chi connectivity index (χ1n) is 6.11. The van der Waals surface area contributed by atoms with Crippen molar-refractivity contribution in [1.82, 2.24) is 9.55 Å². The topological polar surface area (TPSA) is 71.9 Å². The summed E-state index contributed by atoms with van der Waals surface area (Å²) in [6.07, 6.45) is 1.67. The summed E-state index contributed by atoms with van der Waals surface area (Å²) in [6, 6.07) is 4.26. The molecule has 1 aromatic heterocycles. The summed E-state index contributed by atoms with van der Waals surface area (Å²) in [6.45, 7) is 0. The minimum atomic E-state index is -3.40. The number of benzene rings is 1. The predicted octanol–water partition coefficient (Wildman–Crippen LogP) is 1.57. The number of fused-ring (bicyclic) bond motifs is 1. The second kappa shape index (κ2) is 4.19. The lowest BCUT2D eigenvalue weighted by molar-refractivity contribution is 0.487. The quantitative estimate of drug-likeness (QED) is 0.864. The number of para-hydroxylation sites is 1. The van der Waals surface area contributed by atoms with Crippen LogP contribution in [0, 0.1) is 5.82 Å². The molecule has 1 atom stereocenters. The third kappa shape index (κ3) is 1.88. The monoisotopic (exact) mass is 284 g/mol. The van der Waals surface area contributed by atoms with Crippen LogP contribution in [0.1, 0.15) is 24.6 Å². The molecule has 1 saturated heterocycles. The van der Waals surface area contributed by atoms with Gasteiger partial charge in [-0.25, -0.2) is 17.6 Å². The van der Waals surface area contributed by atoms with Gasteiger partial charge in [0.25, 0.3) is 0 Å². The summed E-state index contributed by atoms with van der Waals surface area (Å²) >= 11 is 0. The smallest absolute Gasteiger partial charge is 0.305 e. The summed E-state index contributed by atoms with van der Waals surface area (Å²) in [4.78, 5) is 14.5. The molecular formula is C12H13FN2O3S. The van der Waals surface area contributed by atoms with Crippen LogP contribution in [-0.4, -0.2) is 23.7 Å². The van der Waals surface area contributed by atoms with E-state index in [1.54, 1.807) is 6.07 Å². The molecule has 0 amide bonds. The van der Waals surface area contributed by atoms with Crippen molar-refractivity contribution in [2.75, 3.05) is 5.75 Å². The van der Waals surface area contributed by atoms with E-state index in [1.165, 1.54) is 12.1 Å². The number of sulfone groups is 1. The SMILES string of the molecule is O=c1[nH]c2cccc(F)c2n1C1CCCCS1(=O)=O. The number of imidazole rings is 1. The molecule has 0 spiro atoms. The van der Waals surface area contributed by atoms with Crippen molar-refractivity contribution in [2.24, 2.45) is 0 Å². The van der Waals surface area contributed by atoms with Crippen molar-refractivity contribution in [3.63, 3.8) is 0 Å². The average molecular weight is 284 g/mol. The lowest BCUT2D eigenvalue weighted by Crippen LogP contribution is -2.32. The normalized spacial score (nSPS) is 22.7. The van der Waals surface area contributed by atoms with E-state index in [4.69, 9.17) is 0 Å². The molecule has 0 bridgehead atoms. The van der Waals surface area contributed by atoms with Crippen LogP contribution in [0.2, 0.25) is 0 Å². The lowest BCUT2D eigenvalue weighted by Gasteiger charge is -2.23. The maximum absolute atomic E-state index is 13.9. The largest absolute Gasteiger partial charge is 0.327 e. The third-order valence-corrected chi connectivity index (χ3v) is 5.65. The van der Waals surface area contributed by atoms with Gasteiger partial charge >= 0.3 is 5.69 Å². The highest BCUT2D eigenvalue weighted by molar-refractivity contribution is 7.91. The van der Waals surface area contributed by atoms with Gasteiger partial charge in [0, 0.05) is 0 Å². The third-order valence-electron chi connectivity index (χ3n) is 3.52. The summed E-state index contributed by atoms with van der Waals surface area (Å²) < 4.78 is 39.1. The van der Waals surface area contributed by atoms with Gasteiger partial charge in [-0.3, -0.25) is 4.57 Å². The number of nitrogens with zero attached hydrogens (tertiary/aromatic N) is 1. The van der Waals surface area contributed by atoms with Gasteiger partial charge in [-0.15, -0.1) is 0 Å². The Kier molecular flexibility index (Phi) is 2.74. The first-order chi connectivity index (χ1) is 9.00. The molecular weight excluding hydrogens is 271 g/mol. The van der Waals surface area contributed by atoms with Crippen LogP contribution in [-0.2, 0) is 9.84 Å². The van der Waals surface area contributed by atoms with E-state index in [2.05, 4.69) is 4.98 Å². The summed E-state index contributed by atoms with van der Waals surface area (Å²) in [5, 5.41) is -0.959. The van der Waals surface area contributed by atoms with Gasteiger partial charge in [0.05, 0.1) is 11.3 Å². The van der Waals surface area contributed by atoms with Gasteiger partial charge < -0.3 is 4.98 Å². The molecule has 2 aromatic rings. The fraction of sp³-hybridized carbons (Fsp3) is 0.417. The first-order valence-corrected chi connectivity index (χ1v) is 7.82. The van der Waals surface area contributed by atoms with Gasteiger partial charge in [0.15, 0.2) is 9.84 Å². The fourth-order valence-electron chi connectivity index (χ4n) is 2.64. The van der Waals surface area contributed by atoms with E-state index in [0.29, 0.717) is 18.4 Å². The van der Waals surface area contributed by atoms with Gasteiger partial charge in [0.1, 0.15) is 16.7 Å². The highest BCUT2D eigenvalue weighted by atomic mass is 32.2. The van der Waals surface area contributed by atoms with Crippen LogP contribution in [0.4, 0.5) is 4.39 Å². The van der Waals surface area contributed by atoms with Crippen LogP contribution in [0.3, 0.4) is 0 Å². The minimum Gasteiger partial charge on any atom is -0.305 e. The maximum Gasteiger partial charge on any atom is 0.327 e. The Morgan fingerprint density at radius 1 is 1.32 bits per heavy atom. The van der Waals surface area contributed by atoms with E-state index in [9.17, 15) is 17.6 Å². The molecule has 1 fully saturated rings. The number of aromatic amines is 1. The molecule has 3 rings (SSSR count). The molecule has 7 heteroatoms. The van der Waals surface area contributed by atoms with Gasteiger partial charge in [-0.1, -0.05) is 6.07 Å². The van der Waals surface area contributed by atoms with Crippen molar-refractivity contribution in [1.29, 1.82) is 0 Å². The van der Waals surface area contributed by atoms with Gasteiger partial charge in [-0.2, -0.15) is 0 Å². The van der Waals surface area contributed by atoms with E-state index >= 15 is 0 Å². The summed E-state index contributed by atoms with van der Waals surface area (Å²) in [5.41, 5.74) is -0.204. The van der Waals surface area contributed by atoms with Crippen molar-refractivity contribution >= 4 is 20.9 Å². The molecule has 1 N–H and O–H groups in total. The molecule has 0 saturated carbocycles. The molecule has 5 nitrogen and oxygen atoms in total. The number of rotatable bonds is 1. The number of hydrogen-bond donors (Lipinski definition) is 1. The second-order valence-electron chi connectivity index (χ2n) is 4.75. The minimum absolute atomic E-state index is 0.0444. The Balaban J connectivity index is 2.31. The molecule has 19 heavy (non-hydrogen) atoms. The Bertz CT molecular complexity index is 791. The Hall–Kier alpha value is -1.63. The van der Waals surface area contributed by atoms with Crippen LogP contribution in [0.15, 0.2) is 23.0 Å². The highest BCUT2D eigenvalue weighted by Crippen LogP contribution is 2.30. The molecule has 1 aromatic carbocycles. The Morgan fingerprint density at radius 2 is 2.11 bits per heavy atom. The number of H-pyrrole nitrogens is 1. The molecule has 1 aliphatic rings. The Labute approximate surface area is 109 Å². The number of nitrogens with one attached hydrogen (secondary N) is 1. The number of halogens is 1. The number of hydrogen-bond acceptors (Lipinski definition) is 3. The number of aromatic nitrogens is 2. The second-order valence-corrected chi connectivity index (χ2v) is 7.03. The maximum atomic E-state index is 13.9. The Morgan fingerprint density at radius 3 is 2.84 bits per heavy atom. The summed E-state index contributed by atoms with van der Waals surface area (Å²) in [7, 11) is -3.40. The summed E-state index contributed by atoms with van der Waals surface area (Å²) in [5.74, 6) is -0.540. The van der Waals surface area contributed by atoms with E-state index < -0.39 is 26.7 Å². The van der Waals surface area contributed by atoms with Gasteiger partial charge in [0.2, 0.25) is 0 Å². The highest BCUT2D eigenvalue weighted by Gasteiger charge is 2.33. The van der Waals surface area contributed by atoms with Crippen LogP contribution in [0.5, 0.6) is 0 Å². The molecule has 2 heterocycles. The fourth-order valence-corrected chi connectivity index (χ4v) is 4.57. The van der Waals surface area contributed by atoms with E-state index in [0.717, 1.165) is 11.0 Å². The van der Waals surface area contributed by atoms with Crippen molar-refractivity contribution in [2.45, 2.75) is 24.6 Å². The lowest BCUT2D eigenvalue weighted by atomic mass is 10.2. The molecule has 1 aliphatic heterocycles. The van der Waals surface area contributed by atoms with Gasteiger partial charge in [-0.05, 0) is 31.4 Å². The van der Waals surface area contributed by atoms with E-state index in [-0.39, 0.29) is 11.3 Å². The predicted molar refractivity (Wildman–Crippen MR) is 69.2 cm³/mol. The van der Waals surface area contributed by atoms with Crippen LogP contribution >= 0.6 is 0 Å². The van der Waals surface area contributed by atoms with E-state index in [1.807, 2.05) is 0 Å². The first kappa shape index (κ1) is 12.4. The molecule has 0 aliphatic carbocycles. The van der Waals surface area contributed by atoms with Crippen molar-refractivity contribution in [3.8, 4) is 0 Å². The molecule has 0 radical (unpaired) electrons. The zero-order chi connectivity index (χ0) is 13.6. The van der Waals surface area contributed by atoms with Crippen molar-refractivity contribution in [3.05, 3.63) is 34.5 Å².